The van der Waals surface area contributed by atoms with Gasteiger partial charge in [-0.05, 0) is 42.6 Å². The van der Waals surface area contributed by atoms with Crippen LogP contribution in [0.2, 0.25) is 0 Å². The maximum atomic E-state index is 5.62. The number of aryl methyl sites for hydroxylation is 1. The van der Waals surface area contributed by atoms with Crippen LogP contribution < -0.4 is 4.74 Å². The minimum Gasteiger partial charge on any atom is -0.480 e. The summed E-state index contributed by atoms with van der Waals surface area (Å²) in [5.74, 6) is 0.865. The van der Waals surface area contributed by atoms with E-state index in [2.05, 4.69) is 41.4 Å². The highest BCUT2D eigenvalue weighted by Gasteiger charge is 2.31. The Morgan fingerprint density at radius 2 is 1.64 bits per heavy atom. The summed E-state index contributed by atoms with van der Waals surface area (Å²) in [5.41, 5.74) is 1.05. The zero-order chi connectivity index (χ0) is 16.6. The van der Waals surface area contributed by atoms with Crippen LogP contribution in [0, 0.1) is 6.92 Å². The van der Waals surface area contributed by atoms with Crippen LogP contribution in [0.5, 0.6) is 5.88 Å². The predicted molar refractivity (Wildman–Crippen MR) is 97.8 cm³/mol. The number of nitrogens with zero attached hydrogens (tertiary/aromatic N) is 2. The SMILES string of the molecule is CCCCCCCC(C)(CCCC)n1nc(C)c(Br)c1OC. The summed E-state index contributed by atoms with van der Waals surface area (Å²) >= 11 is 3.62. The van der Waals surface area contributed by atoms with Gasteiger partial charge in [0, 0.05) is 0 Å². The van der Waals surface area contributed by atoms with E-state index < -0.39 is 0 Å². The second kappa shape index (κ2) is 9.59. The predicted octanol–water partition coefficient (Wildman–Crippen LogP) is 6.23. The van der Waals surface area contributed by atoms with Crippen molar-refractivity contribution < 1.29 is 4.74 Å². The van der Waals surface area contributed by atoms with Gasteiger partial charge in [-0.15, -0.1) is 0 Å². The molecule has 0 saturated carbocycles. The Hall–Kier alpha value is -0.510. The van der Waals surface area contributed by atoms with Gasteiger partial charge in [0.1, 0.15) is 4.47 Å². The Labute approximate surface area is 144 Å². The first-order chi connectivity index (χ1) is 10.5. The minimum atomic E-state index is 0.0460. The lowest BCUT2D eigenvalue weighted by molar-refractivity contribution is 0.199. The molecule has 0 radical (unpaired) electrons. The van der Waals surface area contributed by atoms with Gasteiger partial charge in [-0.1, -0.05) is 58.8 Å². The molecule has 4 heteroatoms. The highest BCUT2D eigenvalue weighted by Crippen LogP contribution is 2.38. The zero-order valence-electron chi connectivity index (χ0n) is 15.0. The number of rotatable bonds is 11. The largest absolute Gasteiger partial charge is 0.480 e. The fourth-order valence-electron chi connectivity index (χ4n) is 3.03. The Bertz CT molecular complexity index is 445. The number of hydrogen-bond donors (Lipinski definition) is 0. The lowest BCUT2D eigenvalue weighted by atomic mass is 9.88. The molecule has 0 aliphatic heterocycles. The Kier molecular flexibility index (Phi) is 8.52. The molecule has 1 atom stereocenters. The Balaban J connectivity index is 2.88. The first kappa shape index (κ1) is 19.5. The van der Waals surface area contributed by atoms with Crippen molar-refractivity contribution in [2.24, 2.45) is 0 Å². The van der Waals surface area contributed by atoms with E-state index in [-0.39, 0.29) is 5.54 Å². The number of unbranched alkanes of at least 4 members (excludes halogenated alkanes) is 5. The second-order valence-corrected chi connectivity index (χ2v) is 7.38. The third-order valence-electron chi connectivity index (χ3n) is 4.54. The van der Waals surface area contributed by atoms with E-state index >= 15 is 0 Å². The lowest BCUT2D eigenvalue weighted by Gasteiger charge is -2.31. The van der Waals surface area contributed by atoms with Crippen LogP contribution in [0.3, 0.4) is 0 Å². The summed E-state index contributed by atoms with van der Waals surface area (Å²) in [5, 5.41) is 4.77. The molecule has 3 nitrogen and oxygen atoms in total. The van der Waals surface area contributed by atoms with E-state index in [1.165, 1.54) is 51.4 Å². The molecule has 1 unspecified atom stereocenters. The van der Waals surface area contributed by atoms with Crippen LogP contribution in [0.25, 0.3) is 0 Å². The van der Waals surface area contributed by atoms with Gasteiger partial charge in [0.25, 0.3) is 0 Å². The Morgan fingerprint density at radius 3 is 2.23 bits per heavy atom. The van der Waals surface area contributed by atoms with Gasteiger partial charge >= 0.3 is 0 Å². The van der Waals surface area contributed by atoms with Crippen LogP contribution in [0.1, 0.15) is 84.3 Å². The molecular formula is C18H33BrN2O. The number of ether oxygens (including phenoxy) is 1. The summed E-state index contributed by atoms with van der Waals surface area (Å²) < 4.78 is 8.74. The van der Waals surface area contributed by atoms with E-state index in [1.54, 1.807) is 7.11 Å². The van der Waals surface area contributed by atoms with E-state index in [9.17, 15) is 0 Å². The molecule has 0 fully saturated rings. The summed E-state index contributed by atoms with van der Waals surface area (Å²) in [6.07, 6.45) is 11.3. The number of halogens is 1. The van der Waals surface area contributed by atoms with Gasteiger partial charge in [-0.2, -0.15) is 5.10 Å². The van der Waals surface area contributed by atoms with Crippen molar-refractivity contribution in [1.29, 1.82) is 0 Å². The standard InChI is InChI=1S/C18H33BrN2O/c1-6-8-10-11-12-14-18(4,13-9-7-2)21-17(22-5)16(19)15(3)20-21/h6-14H2,1-5H3. The average molecular weight is 373 g/mol. The molecule has 128 valence electrons. The smallest absolute Gasteiger partial charge is 0.227 e. The minimum absolute atomic E-state index is 0.0460. The molecule has 0 saturated heterocycles. The molecule has 0 aliphatic carbocycles. The van der Waals surface area contributed by atoms with Gasteiger partial charge in [0.05, 0.1) is 18.3 Å². The van der Waals surface area contributed by atoms with Crippen LogP contribution in [-0.4, -0.2) is 16.9 Å². The monoisotopic (exact) mass is 372 g/mol. The first-order valence-electron chi connectivity index (χ1n) is 8.79. The van der Waals surface area contributed by atoms with E-state index in [0.29, 0.717) is 0 Å². The molecular weight excluding hydrogens is 340 g/mol. The molecule has 22 heavy (non-hydrogen) atoms. The van der Waals surface area contributed by atoms with Crippen LogP contribution in [-0.2, 0) is 5.54 Å². The molecule has 0 aromatic carbocycles. The maximum absolute atomic E-state index is 5.62. The third kappa shape index (κ3) is 5.00. The van der Waals surface area contributed by atoms with E-state index in [4.69, 9.17) is 9.84 Å². The number of aromatic nitrogens is 2. The third-order valence-corrected chi connectivity index (χ3v) is 5.45. The van der Waals surface area contributed by atoms with Crippen molar-refractivity contribution >= 4 is 15.9 Å². The zero-order valence-corrected chi connectivity index (χ0v) is 16.6. The van der Waals surface area contributed by atoms with Crippen LogP contribution >= 0.6 is 15.9 Å². The molecule has 0 amide bonds. The maximum Gasteiger partial charge on any atom is 0.227 e. The highest BCUT2D eigenvalue weighted by molar-refractivity contribution is 9.10. The van der Waals surface area contributed by atoms with Gasteiger partial charge in [-0.3, -0.25) is 0 Å². The van der Waals surface area contributed by atoms with Crippen molar-refractivity contribution in [2.45, 2.75) is 91.0 Å². The van der Waals surface area contributed by atoms with Gasteiger partial charge in [-0.25, -0.2) is 4.68 Å². The van der Waals surface area contributed by atoms with Crippen molar-refractivity contribution in [3.8, 4) is 5.88 Å². The van der Waals surface area contributed by atoms with Gasteiger partial charge in [0.15, 0.2) is 0 Å². The fraction of sp³-hybridized carbons (Fsp3) is 0.833. The molecule has 0 N–H and O–H groups in total. The molecule has 1 heterocycles. The number of hydrogen-bond acceptors (Lipinski definition) is 2. The van der Waals surface area contributed by atoms with Crippen molar-refractivity contribution in [3.63, 3.8) is 0 Å². The van der Waals surface area contributed by atoms with Crippen LogP contribution in [0.15, 0.2) is 4.47 Å². The normalized spacial score (nSPS) is 14.1. The average Bonchev–Trinajstić information content (AvgIpc) is 2.80. The van der Waals surface area contributed by atoms with Crippen molar-refractivity contribution in [1.82, 2.24) is 9.78 Å². The summed E-state index contributed by atoms with van der Waals surface area (Å²) in [6, 6.07) is 0. The molecule has 1 rings (SSSR count). The summed E-state index contributed by atoms with van der Waals surface area (Å²) in [4.78, 5) is 0. The van der Waals surface area contributed by atoms with Crippen molar-refractivity contribution in [3.05, 3.63) is 10.2 Å². The molecule has 1 aromatic heterocycles. The molecule has 0 spiro atoms. The summed E-state index contributed by atoms with van der Waals surface area (Å²) in [7, 11) is 1.74. The lowest BCUT2D eigenvalue weighted by Crippen LogP contribution is -2.32. The first-order valence-corrected chi connectivity index (χ1v) is 9.59. The molecule has 0 aliphatic rings. The van der Waals surface area contributed by atoms with Gasteiger partial charge < -0.3 is 4.74 Å². The molecule has 1 aromatic rings. The fourth-order valence-corrected chi connectivity index (χ4v) is 3.44. The van der Waals surface area contributed by atoms with Gasteiger partial charge in [0.2, 0.25) is 5.88 Å². The van der Waals surface area contributed by atoms with E-state index in [0.717, 1.165) is 22.5 Å². The quantitative estimate of drug-likeness (QED) is 0.430. The van der Waals surface area contributed by atoms with E-state index in [1.807, 2.05) is 6.92 Å². The highest BCUT2D eigenvalue weighted by atomic mass is 79.9. The topological polar surface area (TPSA) is 27.1 Å². The second-order valence-electron chi connectivity index (χ2n) is 6.59. The van der Waals surface area contributed by atoms with Crippen LogP contribution in [0.4, 0.5) is 0 Å². The van der Waals surface area contributed by atoms with Crippen molar-refractivity contribution in [2.75, 3.05) is 7.11 Å². The Morgan fingerprint density at radius 1 is 1.05 bits per heavy atom. The number of methoxy groups -OCH3 is 1. The molecule has 0 bridgehead atoms. The summed E-state index contributed by atoms with van der Waals surface area (Å²) in [6.45, 7) is 8.89.